The van der Waals surface area contributed by atoms with Crippen LogP contribution in [0.1, 0.15) is 11.8 Å². The Kier molecular flexibility index (Phi) is 5.64. The Hall–Kier alpha value is -1.71. The van der Waals surface area contributed by atoms with Crippen molar-refractivity contribution in [1.82, 2.24) is 20.2 Å². The van der Waals surface area contributed by atoms with Gasteiger partial charge in [-0.3, -0.25) is 4.79 Å². The first-order valence-corrected chi connectivity index (χ1v) is 9.68. The largest absolute Gasteiger partial charge is 0.325 e. The molecule has 1 unspecified atom stereocenters. The normalized spacial score (nSPS) is 12.1. The highest BCUT2D eigenvalue weighted by Gasteiger charge is 2.19. The summed E-state index contributed by atoms with van der Waals surface area (Å²) >= 11 is 6.38. The summed E-state index contributed by atoms with van der Waals surface area (Å²) in [6.45, 7) is 2.44. The SMILES string of the molecule is CC(Sc1nnnn1Cc1cccs1)C(=O)Nc1cccc(Br)c1. The van der Waals surface area contributed by atoms with Crippen LogP contribution in [0, 0.1) is 0 Å². The molecule has 2 heterocycles. The molecule has 3 rings (SSSR count). The minimum absolute atomic E-state index is 0.0937. The lowest BCUT2D eigenvalue weighted by molar-refractivity contribution is -0.115. The molecule has 0 aliphatic carbocycles. The molecule has 3 aromatic rings. The molecule has 0 radical (unpaired) electrons. The van der Waals surface area contributed by atoms with Crippen LogP contribution in [-0.2, 0) is 11.3 Å². The quantitative estimate of drug-likeness (QED) is 0.612. The lowest BCUT2D eigenvalue weighted by atomic mass is 10.3. The second-order valence-corrected chi connectivity index (χ2v) is 8.21. The lowest BCUT2D eigenvalue weighted by Gasteiger charge is -2.11. The molecule has 0 saturated heterocycles. The van der Waals surface area contributed by atoms with Crippen LogP contribution < -0.4 is 5.32 Å². The van der Waals surface area contributed by atoms with Crippen molar-refractivity contribution in [2.75, 3.05) is 5.32 Å². The molecule has 124 valence electrons. The summed E-state index contributed by atoms with van der Waals surface area (Å²) in [6, 6.07) is 11.5. The maximum atomic E-state index is 12.4. The van der Waals surface area contributed by atoms with Crippen LogP contribution >= 0.6 is 39.0 Å². The minimum atomic E-state index is -0.322. The predicted molar refractivity (Wildman–Crippen MR) is 99.3 cm³/mol. The fourth-order valence-corrected chi connectivity index (χ4v) is 3.83. The van der Waals surface area contributed by atoms with E-state index in [1.54, 1.807) is 16.0 Å². The zero-order valence-corrected chi connectivity index (χ0v) is 15.9. The third-order valence-electron chi connectivity index (χ3n) is 3.13. The van der Waals surface area contributed by atoms with Crippen LogP contribution in [0.4, 0.5) is 5.69 Å². The second kappa shape index (κ2) is 7.91. The Morgan fingerprint density at radius 3 is 3.04 bits per heavy atom. The standard InChI is InChI=1S/C15H14BrN5OS2/c1-10(14(22)17-12-5-2-4-11(16)8-12)24-15-18-19-20-21(15)9-13-6-3-7-23-13/h2-8,10H,9H2,1H3,(H,17,22). The summed E-state index contributed by atoms with van der Waals surface area (Å²) in [7, 11) is 0. The summed E-state index contributed by atoms with van der Waals surface area (Å²) < 4.78 is 2.62. The Bertz CT molecular complexity index is 821. The number of rotatable bonds is 6. The highest BCUT2D eigenvalue weighted by molar-refractivity contribution is 9.10. The molecule has 0 bridgehead atoms. The summed E-state index contributed by atoms with van der Waals surface area (Å²) in [5.74, 6) is -0.0937. The predicted octanol–water partition coefficient (Wildman–Crippen LogP) is 3.66. The second-order valence-electron chi connectivity index (χ2n) is 4.96. The summed E-state index contributed by atoms with van der Waals surface area (Å²) in [6.07, 6.45) is 0. The van der Waals surface area contributed by atoms with Crippen molar-refractivity contribution in [3.63, 3.8) is 0 Å². The molecule has 0 fully saturated rings. The van der Waals surface area contributed by atoms with E-state index >= 15 is 0 Å². The molecule has 0 spiro atoms. The third-order valence-corrected chi connectivity index (χ3v) is 5.55. The molecular formula is C15H14BrN5OS2. The number of benzene rings is 1. The van der Waals surface area contributed by atoms with E-state index in [4.69, 9.17) is 0 Å². The van der Waals surface area contributed by atoms with Crippen molar-refractivity contribution in [2.24, 2.45) is 0 Å². The lowest BCUT2D eigenvalue weighted by Crippen LogP contribution is -2.23. The summed E-state index contributed by atoms with van der Waals surface area (Å²) in [5.41, 5.74) is 0.750. The number of carbonyl (C=O) groups excluding carboxylic acids is 1. The van der Waals surface area contributed by atoms with E-state index in [-0.39, 0.29) is 11.2 Å². The van der Waals surface area contributed by atoms with Gasteiger partial charge in [0.05, 0.1) is 11.8 Å². The molecule has 1 atom stereocenters. The number of amides is 1. The fraction of sp³-hybridized carbons (Fsp3) is 0.200. The molecule has 24 heavy (non-hydrogen) atoms. The van der Waals surface area contributed by atoms with E-state index < -0.39 is 0 Å². The molecule has 0 saturated carbocycles. The number of aromatic nitrogens is 4. The van der Waals surface area contributed by atoms with E-state index in [0.29, 0.717) is 11.7 Å². The van der Waals surface area contributed by atoms with Gasteiger partial charge in [0, 0.05) is 15.0 Å². The first kappa shape index (κ1) is 17.1. The van der Waals surface area contributed by atoms with Gasteiger partial charge in [-0.2, -0.15) is 0 Å². The zero-order chi connectivity index (χ0) is 16.9. The van der Waals surface area contributed by atoms with E-state index in [1.165, 1.54) is 11.8 Å². The first-order valence-electron chi connectivity index (χ1n) is 7.13. The molecule has 9 heteroatoms. The van der Waals surface area contributed by atoms with Gasteiger partial charge in [0.1, 0.15) is 0 Å². The van der Waals surface area contributed by atoms with Crippen LogP contribution in [0.2, 0.25) is 0 Å². The molecule has 1 amide bonds. The number of tetrazole rings is 1. The molecule has 0 aliphatic heterocycles. The van der Waals surface area contributed by atoms with Crippen molar-refractivity contribution in [3.05, 3.63) is 51.1 Å². The molecule has 1 N–H and O–H groups in total. The Morgan fingerprint density at radius 1 is 1.42 bits per heavy atom. The average Bonchev–Trinajstić information content (AvgIpc) is 3.20. The van der Waals surface area contributed by atoms with Crippen LogP contribution in [0.15, 0.2) is 51.4 Å². The van der Waals surface area contributed by atoms with Gasteiger partial charge in [-0.15, -0.1) is 16.4 Å². The smallest absolute Gasteiger partial charge is 0.237 e. The number of hydrogen-bond donors (Lipinski definition) is 1. The van der Waals surface area contributed by atoms with E-state index in [1.807, 2.05) is 48.7 Å². The summed E-state index contributed by atoms with van der Waals surface area (Å²) in [5, 5.41) is 17.0. The highest BCUT2D eigenvalue weighted by Crippen LogP contribution is 2.23. The van der Waals surface area contributed by atoms with Crippen LogP contribution in [-0.4, -0.2) is 31.4 Å². The van der Waals surface area contributed by atoms with Gasteiger partial charge in [-0.05, 0) is 47.0 Å². The maximum Gasteiger partial charge on any atom is 0.237 e. The third kappa shape index (κ3) is 4.43. The van der Waals surface area contributed by atoms with Gasteiger partial charge >= 0.3 is 0 Å². The number of thioether (sulfide) groups is 1. The van der Waals surface area contributed by atoms with Gasteiger partial charge in [0.15, 0.2) is 0 Å². The molecule has 0 aliphatic rings. The van der Waals surface area contributed by atoms with Crippen molar-refractivity contribution in [3.8, 4) is 0 Å². The van der Waals surface area contributed by atoms with Gasteiger partial charge < -0.3 is 5.32 Å². The highest BCUT2D eigenvalue weighted by atomic mass is 79.9. The molecule has 2 aromatic heterocycles. The first-order chi connectivity index (χ1) is 11.6. The number of halogens is 1. The number of carbonyl (C=O) groups is 1. The maximum absolute atomic E-state index is 12.4. The Morgan fingerprint density at radius 2 is 2.29 bits per heavy atom. The number of nitrogens with zero attached hydrogens (tertiary/aromatic N) is 4. The Labute approximate surface area is 155 Å². The molecule has 6 nitrogen and oxygen atoms in total. The number of thiophene rings is 1. The van der Waals surface area contributed by atoms with Crippen molar-refractivity contribution >= 4 is 50.6 Å². The topological polar surface area (TPSA) is 72.7 Å². The monoisotopic (exact) mass is 423 g/mol. The van der Waals surface area contributed by atoms with Crippen molar-refractivity contribution in [1.29, 1.82) is 0 Å². The molecular weight excluding hydrogens is 410 g/mol. The number of nitrogens with one attached hydrogen (secondary N) is 1. The van der Waals surface area contributed by atoms with Crippen LogP contribution in [0.3, 0.4) is 0 Å². The number of anilines is 1. The van der Waals surface area contributed by atoms with Gasteiger partial charge in [0.25, 0.3) is 0 Å². The zero-order valence-electron chi connectivity index (χ0n) is 12.7. The van der Waals surface area contributed by atoms with Crippen molar-refractivity contribution < 1.29 is 4.79 Å². The van der Waals surface area contributed by atoms with E-state index in [2.05, 4.69) is 36.8 Å². The van der Waals surface area contributed by atoms with Gasteiger partial charge in [-0.1, -0.05) is 39.8 Å². The van der Waals surface area contributed by atoms with Crippen molar-refractivity contribution in [2.45, 2.75) is 23.9 Å². The minimum Gasteiger partial charge on any atom is -0.325 e. The summed E-state index contributed by atoms with van der Waals surface area (Å²) in [4.78, 5) is 13.5. The van der Waals surface area contributed by atoms with Gasteiger partial charge in [0.2, 0.25) is 11.1 Å². The fourth-order valence-electron chi connectivity index (χ4n) is 1.95. The average molecular weight is 424 g/mol. The Balaban J connectivity index is 1.63. The molecule has 1 aromatic carbocycles. The van der Waals surface area contributed by atoms with Crippen LogP contribution in [0.25, 0.3) is 0 Å². The van der Waals surface area contributed by atoms with E-state index in [9.17, 15) is 4.79 Å². The van der Waals surface area contributed by atoms with Gasteiger partial charge in [-0.25, -0.2) is 4.68 Å². The van der Waals surface area contributed by atoms with Crippen LogP contribution in [0.5, 0.6) is 0 Å². The number of hydrogen-bond acceptors (Lipinski definition) is 6. The van der Waals surface area contributed by atoms with E-state index in [0.717, 1.165) is 15.0 Å².